The summed E-state index contributed by atoms with van der Waals surface area (Å²) in [7, 11) is 0. The molecule has 0 N–H and O–H groups in total. The predicted octanol–water partition coefficient (Wildman–Crippen LogP) is 4.37. The van der Waals surface area contributed by atoms with Crippen LogP contribution in [0.2, 0.25) is 0 Å². The lowest BCUT2D eigenvalue weighted by Crippen LogP contribution is -2.34. The molecule has 4 unspecified atom stereocenters. The molecule has 3 aliphatic carbocycles. The van der Waals surface area contributed by atoms with Gasteiger partial charge in [-0.3, -0.25) is 9.59 Å². The van der Waals surface area contributed by atoms with E-state index in [0.29, 0.717) is 31.5 Å². The summed E-state index contributed by atoms with van der Waals surface area (Å²) in [5.41, 5.74) is 0. The van der Waals surface area contributed by atoms with Crippen LogP contribution in [0.1, 0.15) is 51.4 Å². The minimum absolute atomic E-state index is 0.244. The molecule has 0 aromatic carbocycles. The molecule has 26 heavy (non-hydrogen) atoms. The van der Waals surface area contributed by atoms with Crippen LogP contribution in [0.15, 0.2) is 36.5 Å². The molecule has 142 valence electrons. The van der Waals surface area contributed by atoms with Crippen molar-refractivity contribution >= 4 is 11.9 Å². The number of hydrogen-bond acceptors (Lipinski definition) is 4. The lowest BCUT2D eigenvalue weighted by atomic mass is 9.84. The molecule has 0 aliphatic heterocycles. The molecule has 0 amide bonds. The normalized spacial score (nSPS) is 30.8. The molecule has 4 heteroatoms. The molecular formula is C22H30O4. The van der Waals surface area contributed by atoms with Gasteiger partial charge >= 0.3 is 11.9 Å². The fraction of sp³-hybridized carbons (Fsp3) is 0.636. The van der Waals surface area contributed by atoms with E-state index in [4.69, 9.17) is 9.47 Å². The van der Waals surface area contributed by atoms with Gasteiger partial charge in [0.05, 0.1) is 25.0 Å². The Kier molecular flexibility index (Phi) is 7.10. The molecular weight excluding hydrogens is 328 g/mol. The molecule has 0 saturated heterocycles. The quantitative estimate of drug-likeness (QED) is 0.523. The summed E-state index contributed by atoms with van der Waals surface area (Å²) >= 11 is 0. The van der Waals surface area contributed by atoms with Crippen molar-refractivity contribution in [1.29, 1.82) is 0 Å². The fourth-order valence-corrected chi connectivity index (χ4v) is 3.96. The molecule has 0 aromatic heterocycles. The van der Waals surface area contributed by atoms with E-state index in [1.165, 1.54) is 0 Å². The number of esters is 2. The average Bonchev–Trinajstić information content (AvgIpc) is 2.72. The Hall–Kier alpha value is -1.84. The Morgan fingerprint density at radius 2 is 1.31 bits per heavy atom. The summed E-state index contributed by atoms with van der Waals surface area (Å²) < 4.78 is 11.1. The van der Waals surface area contributed by atoms with Crippen molar-refractivity contribution < 1.29 is 19.1 Å². The Morgan fingerprint density at radius 3 is 1.88 bits per heavy atom. The second-order valence-corrected chi connectivity index (χ2v) is 7.70. The molecule has 0 fully saturated rings. The second kappa shape index (κ2) is 9.75. The first-order chi connectivity index (χ1) is 12.7. The second-order valence-electron chi connectivity index (χ2n) is 7.70. The fourth-order valence-electron chi connectivity index (χ4n) is 3.96. The first-order valence-corrected chi connectivity index (χ1v) is 10.0. The standard InChI is InChI=1S/C22H30O4/c23-21(25-15-17-9-3-1-4-10-17)19-13-7-8-14-20(19)22(24)26-16-18-11-5-2-6-12-18/h1-3,5,7,13,17-20H,4,6,8-12,14-16H2. The molecule has 0 heterocycles. The van der Waals surface area contributed by atoms with Crippen molar-refractivity contribution in [2.75, 3.05) is 13.2 Å². The van der Waals surface area contributed by atoms with Crippen LogP contribution in [0, 0.1) is 23.7 Å². The third-order valence-electron chi connectivity index (χ3n) is 5.67. The lowest BCUT2D eigenvalue weighted by molar-refractivity contribution is -0.161. The Balaban J connectivity index is 1.49. The van der Waals surface area contributed by atoms with E-state index in [0.717, 1.165) is 44.9 Å². The van der Waals surface area contributed by atoms with E-state index in [9.17, 15) is 9.59 Å². The van der Waals surface area contributed by atoms with Crippen LogP contribution < -0.4 is 0 Å². The molecule has 3 rings (SSSR count). The molecule has 4 atom stereocenters. The van der Waals surface area contributed by atoms with Crippen molar-refractivity contribution in [3.8, 4) is 0 Å². The third-order valence-corrected chi connectivity index (χ3v) is 5.67. The first kappa shape index (κ1) is 18.9. The van der Waals surface area contributed by atoms with Gasteiger partial charge in [0.25, 0.3) is 0 Å². The van der Waals surface area contributed by atoms with E-state index < -0.39 is 11.8 Å². The van der Waals surface area contributed by atoms with Crippen LogP contribution in [0.3, 0.4) is 0 Å². The van der Waals surface area contributed by atoms with E-state index in [2.05, 4.69) is 24.3 Å². The van der Waals surface area contributed by atoms with E-state index >= 15 is 0 Å². The van der Waals surface area contributed by atoms with Crippen molar-refractivity contribution in [1.82, 2.24) is 0 Å². The van der Waals surface area contributed by atoms with Gasteiger partial charge in [0, 0.05) is 0 Å². The summed E-state index contributed by atoms with van der Waals surface area (Å²) in [6.07, 6.45) is 20.1. The highest BCUT2D eigenvalue weighted by Crippen LogP contribution is 2.29. The summed E-state index contributed by atoms with van der Waals surface area (Å²) in [5.74, 6) is -0.613. The SMILES string of the molecule is O=C(OCC1CC=CCC1)C1C=CCCC1C(=O)OCC1CC=CCC1. The molecule has 4 nitrogen and oxygen atoms in total. The maximum Gasteiger partial charge on any atom is 0.313 e. The maximum atomic E-state index is 12.6. The zero-order chi connectivity index (χ0) is 18.2. The summed E-state index contributed by atoms with van der Waals surface area (Å²) in [6.45, 7) is 0.906. The van der Waals surface area contributed by atoms with Gasteiger partial charge in [0.1, 0.15) is 0 Å². The summed E-state index contributed by atoms with van der Waals surface area (Å²) in [4.78, 5) is 25.1. The average molecular weight is 358 g/mol. The number of carbonyl (C=O) groups excluding carboxylic acids is 2. The van der Waals surface area contributed by atoms with Gasteiger partial charge in [0.2, 0.25) is 0 Å². The maximum absolute atomic E-state index is 12.6. The molecule has 3 aliphatic rings. The first-order valence-electron chi connectivity index (χ1n) is 10.0. The Bertz CT molecular complexity index is 575. The molecule has 0 bridgehead atoms. The smallest absolute Gasteiger partial charge is 0.313 e. The largest absolute Gasteiger partial charge is 0.465 e. The van der Waals surface area contributed by atoms with Gasteiger partial charge in [-0.1, -0.05) is 36.5 Å². The Morgan fingerprint density at radius 1 is 0.731 bits per heavy atom. The number of carbonyl (C=O) groups is 2. The van der Waals surface area contributed by atoms with Crippen molar-refractivity contribution in [3.63, 3.8) is 0 Å². The summed E-state index contributed by atoms with van der Waals surface area (Å²) in [6, 6.07) is 0. The number of rotatable bonds is 6. The minimum atomic E-state index is -0.498. The highest BCUT2D eigenvalue weighted by Gasteiger charge is 2.36. The monoisotopic (exact) mass is 358 g/mol. The molecule has 0 saturated carbocycles. The van der Waals surface area contributed by atoms with Crippen molar-refractivity contribution in [2.45, 2.75) is 51.4 Å². The topological polar surface area (TPSA) is 52.6 Å². The predicted molar refractivity (Wildman–Crippen MR) is 100 cm³/mol. The van der Waals surface area contributed by atoms with Crippen LogP contribution in [0.4, 0.5) is 0 Å². The highest BCUT2D eigenvalue weighted by atomic mass is 16.5. The zero-order valence-electron chi connectivity index (χ0n) is 15.5. The summed E-state index contributed by atoms with van der Waals surface area (Å²) in [5, 5.41) is 0. The van der Waals surface area contributed by atoms with Crippen LogP contribution in [0.25, 0.3) is 0 Å². The number of allylic oxidation sites excluding steroid dienone is 5. The number of ether oxygens (including phenoxy) is 2. The molecule has 0 aromatic rings. The van der Waals surface area contributed by atoms with E-state index in [1.807, 2.05) is 12.2 Å². The minimum Gasteiger partial charge on any atom is -0.465 e. The van der Waals surface area contributed by atoms with Gasteiger partial charge in [-0.05, 0) is 63.2 Å². The van der Waals surface area contributed by atoms with Crippen molar-refractivity contribution in [3.05, 3.63) is 36.5 Å². The van der Waals surface area contributed by atoms with Crippen molar-refractivity contribution in [2.24, 2.45) is 23.7 Å². The van der Waals surface area contributed by atoms with Gasteiger partial charge in [-0.25, -0.2) is 0 Å². The molecule has 0 spiro atoms. The number of hydrogen-bond donors (Lipinski definition) is 0. The Labute approximate surface area is 156 Å². The van der Waals surface area contributed by atoms with Gasteiger partial charge in [-0.15, -0.1) is 0 Å². The third kappa shape index (κ3) is 5.33. The zero-order valence-corrected chi connectivity index (χ0v) is 15.5. The lowest BCUT2D eigenvalue weighted by Gasteiger charge is -2.27. The van der Waals surface area contributed by atoms with Crippen LogP contribution in [0.5, 0.6) is 0 Å². The van der Waals surface area contributed by atoms with Crippen LogP contribution in [-0.2, 0) is 19.1 Å². The molecule has 0 radical (unpaired) electrons. The highest BCUT2D eigenvalue weighted by molar-refractivity contribution is 5.84. The van der Waals surface area contributed by atoms with Crippen LogP contribution >= 0.6 is 0 Å². The van der Waals surface area contributed by atoms with Gasteiger partial charge in [0.15, 0.2) is 0 Å². The van der Waals surface area contributed by atoms with E-state index in [-0.39, 0.29) is 11.9 Å². The van der Waals surface area contributed by atoms with Gasteiger partial charge < -0.3 is 9.47 Å². The van der Waals surface area contributed by atoms with Gasteiger partial charge in [-0.2, -0.15) is 0 Å². The van der Waals surface area contributed by atoms with Crippen LogP contribution in [-0.4, -0.2) is 25.2 Å². The van der Waals surface area contributed by atoms with E-state index in [1.54, 1.807) is 0 Å².